The van der Waals surface area contributed by atoms with Gasteiger partial charge in [0.05, 0.1) is 12.0 Å². The van der Waals surface area contributed by atoms with Crippen molar-refractivity contribution in [1.82, 2.24) is 10.0 Å². The van der Waals surface area contributed by atoms with Crippen molar-refractivity contribution < 1.29 is 17.9 Å². The van der Waals surface area contributed by atoms with E-state index in [-0.39, 0.29) is 23.4 Å². The van der Waals surface area contributed by atoms with E-state index in [1.165, 1.54) is 25.7 Å². The summed E-state index contributed by atoms with van der Waals surface area (Å²) >= 11 is 0. The largest absolute Gasteiger partial charge is 0.497 e. The highest BCUT2D eigenvalue weighted by Crippen LogP contribution is 2.24. The first-order chi connectivity index (χ1) is 13.9. The fourth-order valence-electron chi connectivity index (χ4n) is 3.57. The van der Waals surface area contributed by atoms with Gasteiger partial charge >= 0.3 is 0 Å². The van der Waals surface area contributed by atoms with E-state index >= 15 is 0 Å². The molecule has 0 bridgehead atoms. The third-order valence-electron chi connectivity index (χ3n) is 5.48. The number of carbonyl (C=O) groups is 1. The second-order valence-corrected chi connectivity index (χ2v) is 9.31. The third kappa shape index (κ3) is 5.58. The predicted molar refractivity (Wildman–Crippen MR) is 112 cm³/mol. The standard InChI is InChI=1S/C22H28N2O4S/c1-16-5-3-4-6-21(16)24-22(25)18-9-7-17(8-10-18)15-23-29(26,27)20-13-11-19(28-2)12-14-20/h7-14,16,21,23H,3-6,15H2,1-2H3,(H,24,25)/t16-,21-/m0/s1. The van der Waals surface area contributed by atoms with Crippen molar-refractivity contribution in [1.29, 1.82) is 0 Å². The van der Waals surface area contributed by atoms with Gasteiger partial charge in [0.25, 0.3) is 5.91 Å². The molecule has 2 atom stereocenters. The third-order valence-corrected chi connectivity index (χ3v) is 6.90. The Kier molecular flexibility index (Phi) is 6.92. The number of hydrogen-bond acceptors (Lipinski definition) is 4. The van der Waals surface area contributed by atoms with Crippen LogP contribution < -0.4 is 14.8 Å². The maximum absolute atomic E-state index is 12.5. The molecule has 1 fully saturated rings. The summed E-state index contributed by atoms with van der Waals surface area (Å²) in [6.07, 6.45) is 4.56. The monoisotopic (exact) mass is 416 g/mol. The Bertz CT molecular complexity index is 924. The van der Waals surface area contributed by atoms with Crippen molar-refractivity contribution in [2.45, 2.75) is 50.1 Å². The van der Waals surface area contributed by atoms with E-state index in [9.17, 15) is 13.2 Å². The molecule has 0 unspecified atom stereocenters. The van der Waals surface area contributed by atoms with Gasteiger partial charge in [0.15, 0.2) is 0 Å². The normalized spacial score (nSPS) is 19.5. The number of sulfonamides is 1. The fraction of sp³-hybridized carbons (Fsp3) is 0.409. The maximum atomic E-state index is 12.5. The topological polar surface area (TPSA) is 84.5 Å². The molecule has 29 heavy (non-hydrogen) atoms. The number of nitrogens with one attached hydrogen (secondary N) is 2. The van der Waals surface area contributed by atoms with Gasteiger partial charge < -0.3 is 10.1 Å². The van der Waals surface area contributed by atoms with Gasteiger partial charge in [-0.25, -0.2) is 13.1 Å². The molecule has 0 spiro atoms. The molecule has 2 N–H and O–H groups in total. The fourth-order valence-corrected chi connectivity index (χ4v) is 4.59. The Balaban J connectivity index is 1.57. The van der Waals surface area contributed by atoms with E-state index in [0.717, 1.165) is 24.8 Å². The van der Waals surface area contributed by atoms with Gasteiger partial charge in [0.1, 0.15) is 5.75 Å². The molecule has 2 aromatic rings. The van der Waals surface area contributed by atoms with Gasteiger partial charge in [-0.1, -0.05) is 31.9 Å². The van der Waals surface area contributed by atoms with Gasteiger partial charge in [0, 0.05) is 18.2 Å². The first-order valence-corrected chi connectivity index (χ1v) is 11.4. The van der Waals surface area contributed by atoms with Crippen LogP contribution in [0.25, 0.3) is 0 Å². The summed E-state index contributed by atoms with van der Waals surface area (Å²) in [6, 6.07) is 13.5. The van der Waals surface area contributed by atoms with Crippen LogP contribution in [-0.2, 0) is 16.6 Å². The summed E-state index contributed by atoms with van der Waals surface area (Å²) in [4.78, 5) is 12.7. The Hall–Kier alpha value is -2.38. The van der Waals surface area contributed by atoms with Crippen LogP contribution in [-0.4, -0.2) is 27.5 Å². The number of carbonyl (C=O) groups excluding carboxylic acids is 1. The predicted octanol–water partition coefficient (Wildman–Crippen LogP) is 3.48. The van der Waals surface area contributed by atoms with Crippen molar-refractivity contribution in [3.63, 3.8) is 0 Å². The van der Waals surface area contributed by atoms with E-state index in [4.69, 9.17) is 4.74 Å². The molecule has 2 aromatic carbocycles. The molecular formula is C22H28N2O4S. The van der Waals surface area contributed by atoms with Crippen LogP contribution in [0, 0.1) is 5.92 Å². The second-order valence-electron chi connectivity index (χ2n) is 7.54. The first kappa shape index (κ1) is 21.3. The zero-order valence-corrected chi connectivity index (χ0v) is 17.7. The van der Waals surface area contributed by atoms with Gasteiger partial charge in [-0.15, -0.1) is 0 Å². The number of ether oxygens (including phenoxy) is 1. The van der Waals surface area contributed by atoms with Gasteiger partial charge in [-0.05, 0) is 60.7 Å². The minimum Gasteiger partial charge on any atom is -0.497 e. The van der Waals surface area contributed by atoms with Crippen LogP contribution in [0.2, 0.25) is 0 Å². The van der Waals surface area contributed by atoms with Crippen LogP contribution in [0.1, 0.15) is 48.5 Å². The lowest BCUT2D eigenvalue weighted by atomic mass is 9.86. The zero-order valence-electron chi connectivity index (χ0n) is 16.9. The molecule has 1 saturated carbocycles. The number of methoxy groups -OCH3 is 1. The summed E-state index contributed by atoms with van der Waals surface area (Å²) < 4.78 is 32.5. The highest BCUT2D eigenvalue weighted by Gasteiger charge is 2.23. The summed E-state index contributed by atoms with van der Waals surface area (Å²) in [7, 11) is -2.09. The van der Waals surface area contributed by atoms with Crippen LogP contribution in [0.3, 0.4) is 0 Å². The number of amides is 1. The van der Waals surface area contributed by atoms with Crippen LogP contribution in [0.4, 0.5) is 0 Å². The molecule has 0 heterocycles. The highest BCUT2D eigenvalue weighted by atomic mass is 32.2. The molecule has 1 aliphatic carbocycles. The van der Waals surface area contributed by atoms with Crippen LogP contribution >= 0.6 is 0 Å². The van der Waals surface area contributed by atoms with Crippen molar-refractivity contribution in [2.75, 3.05) is 7.11 Å². The average Bonchev–Trinajstić information content (AvgIpc) is 2.74. The van der Waals surface area contributed by atoms with E-state index in [2.05, 4.69) is 17.0 Å². The van der Waals surface area contributed by atoms with Crippen molar-refractivity contribution >= 4 is 15.9 Å². The Morgan fingerprint density at radius 3 is 2.31 bits per heavy atom. The van der Waals surface area contributed by atoms with E-state index in [1.54, 1.807) is 36.4 Å². The molecule has 6 nitrogen and oxygen atoms in total. The smallest absolute Gasteiger partial charge is 0.251 e. The minimum absolute atomic E-state index is 0.0749. The van der Waals surface area contributed by atoms with E-state index in [1.807, 2.05) is 0 Å². The highest BCUT2D eigenvalue weighted by molar-refractivity contribution is 7.89. The van der Waals surface area contributed by atoms with Crippen LogP contribution in [0.15, 0.2) is 53.4 Å². The molecule has 0 aromatic heterocycles. The SMILES string of the molecule is COc1ccc(S(=O)(=O)NCc2ccc(C(=O)N[C@H]3CCCC[C@@H]3C)cc2)cc1. The van der Waals surface area contributed by atoms with Crippen molar-refractivity contribution in [3.05, 3.63) is 59.7 Å². The summed E-state index contributed by atoms with van der Waals surface area (Å²) in [6.45, 7) is 2.33. The lowest BCUT2D eigenvalue weighted by Gasteiger charge is -2.29. The van der Waals surface area contributed by atoms with Crippen LogP contribution in [0.5, 0.6) is 5.75 Å². The van der Waals surface area contributed by atoms with Gasteiger partial charge in [0.2, 0.25) is 10.0 Å². The van der Waals surface area contributed by atoms with Crippen molar-refractivity contribution in [2.24, 2.45) is 5.92 Å². The quantitative estimate of drug-likeness (QED) is 0.724. The molecule has 1 aliphatic rings. The van der Waals surface area contributed by atoms with Gasteiger partial charge in [-0.2, -0.15) is 0 Å². The molecule has 0 aliphatic heterocycles. The van der Waals surface area contributed by atoms with Crippen molar-refractivity contribution in [3.8, 4) is 5.75 Å². The molecule has 3 rings (SSSR count). The Morgan fingerprint density at radius 1 is 1.03 bits per heavy atom. The first-order valence-electron chi connectivity index (χ1n) is 9.92. The van der Waals surface area contributed by atoms with E-state index < -0.39 is 10.0 Å². The molecule has 0 saturated heterocycles. The second kappa shape index (κ2) is 9.41. The zero-order chi connectivity index (χ0) is 20.9. The lowest BCUT2D eigenvalue weighted by molar-refractivity contribution is 0.0910. The summed E-state index contributed by atoms with van der Waals surface area (Å²) in [5.41, 5.74) is 1.37. The van der Waals surface area contributed by atoms with Gasteiger partial charge in [-0.3, -0.25) is 4.79 Å². The molecule has 156 valence electrons. The molecular weight excluding hydrogens is 388 g/mol. The number of rotatable bonds is 7. The number of benzene rings is 2. The average molecular weight is 417 g/mol. The summed E-state index contributed by atoms with van der Waals surface area (Å²) in [5.74, 6) is 1.02. The lowest BCUT2D eigenvalue weighted by Crippen LogP contribution is -2.41. The molecule has 0 radical (unpaired) electrons. The molecule has 1 amide bonds. The Morgan fingerprint density at radius 2 is 1.69 bits per heavy atom. The maximum Gasteiger partial charge on any atom is 0.251 e. The van der Waals surface area contributed by atoms with E-state index in [0.29, 0.717) is 17.2 Å². The summed E-state index contributed by atoms with van der Waals surface area (Å²) in [5, 5.41) is 3.13. The minimum atomic E-state index is -3.62. The Labute approximate surface area is 172 Å². The molecule has 7 heteroatoms. The number of hydrogen-bond donors (Lipinski definition) is 2.